The molecule has 0 amide bonds. The van der Waals surface area contributed by atoms with Crippen LogP contribution in [0.1, 0.15) is 25.5 Å². The van der Waals surface area contributed by atoms with Gasteiger partial charge in [-0.1, -0.05) is 6.07 Å². The van der Waals surface area contributed by atoms with Crippen LogP contribution in [-0.4, -0.2) is 31.4 Å². The van der Waals surface area contributed by atoms with Gasteiger partial charge >= 0.3 is 12.6 Å². The molecular formula is C16H18F2N2O4S. The van der Waals surface area contributed by atoms with Crippen LogP contribution >= 0.6 is 12.2 Å². The predicted molar refractivity (Wildman–Crippen MR) is 90.6 cm³/mol. The first-order valence-electron chi connectivity index (χ1n) is 7.45. The van der Waals surface area contributed by atoms with E-state index in [9.17, 15) is 13.6 Å². The van der Waals surface area contributed by atoms with Crippen LogP contribution in [0, 0.1) is 0 Å². The molecule has 0 bridgehead atoms. The molecule has 0 saturated heterocycles. The zero-order valence-corrected chi connectivity index (χ0v) is 14.7. The highest BCUT2D eigenvalue weighted by molar-refractivity contribution is 7.80. The minimum absolute atomic E-state index is 0.137. The van der Waals surface area contributed by atoms with Gasteiger partial charge in [-0.2, -0.15) is 8.78 Å². The Morgan fingerprint density at radius 2 is 2.08 bits per heavy atom. The largest absolute Gasteiger partial charge is 0.493 e. The molecule has 1 aromatic carbocycles. The summed E-state index contributed by atoms with van der Waals surface area (Å²) in [4.78, 5) is 12.3. The van der Waals surface area contributed by atoms with Crippen LogP contribution < -0.4 is 20.1 Å². The molecule has 1 aliphatic rings. The Hall–Kier alpha value is -2.42. The van der Waals surface area contributed by atoms with E-state index < -0.39 is 18.6 Å². The summed E-state index contributed by atoms with van der Waals surface area (Å²) >= 11 is 5.13. The zero-order chi connectivity index (χ0) is 18.6. The number of esters is 1. The van der Waals surface area contributed by atoms with Crippen LogP contribution in [0.25, 0.3) is 0 Å². The maximum atomic E-state index is 12.6. The van der Waals surface area contributed by atoms with Gasteiger partial charge in [0.15, 0.2) is 16.6 Å². The molecule has 1 aliphatic heterocycles. The van der Waals surface area contributed by atoms with Crippen molar-refractivity contribution in [2.45, 2.75) is 26.5 Å². The molecule has 1 unspecified atom stereocenters. The molecule has 0 aliphatic carbocycles. The van der Waals surface area contributed by atoms with Crippen molar-refractivity contribution >= 4 is 23.3 Å². The van der Waals surface area contributed by atoms with Crippen LogP contribution in [0.2, 0.25) is 0 Å². The van der Waals surface area contributed by atoms with Crippen LogP contribution in [0.15, 0.2) is 29.5 Å². The number of hydrogen-bond acceptors (Lipinski definition) is 5. The highest BCUT2D eigenvalue weighted by Crippen LogP contribution is 2.35. The third-order valence-electron chi connectivity index (χ3n) is 3.50. The van der Waals surface area contributed by atoms with E-state index in [-0.39, 0.29) is 18.1 Å². The lowest BCUT2D eigenvalue weighted by molar-refractivity contribution is -0.139. The number of thiocarbonyl (C=S) groups is 1. The summed E-state index contributed by atoms with van der Waals surface area (Å²) in [5, 5.41) is 6.12. The molecule has 2 N–H and O–H groups in total. The molecular weight excluding hydrogens is 354 g/mol. The first-order chi connectivity index (χ1) is 11.9. The monoisotopic (exact) mass is 372 g/mol. The fraction of sp³-hybridized carbons (Fsp3) is 0.375. The number of carbonyl (C=O) groups is 1. The van der Waals surface area contributed by atoms with Gasteiger partial charge in [0.05, 0.1) is 25.3 Å². The summed E-state index contributed by atoms with van der Waals surface area (Å²) in [7, 11) is 1.35. The first-order valence-corrected chi connectivity index (χ1v) is 7.86. The van der Waals surface area contributed by atoms with Gasteiger partial charge in [0.25, 0.3) is 0 Å². The van der Waals surface area contributed by atoms with Crippen molar-refractivity contribution in [2.75, 3.05) is 13.7 Å². The maximum absolute atomic E-state index is 12.6. The Labute approximate surface area is 149 Å². The number of benzene rings is 1. The lowest BCUT2D eigenvalue weighted by atomic mass is 9.95. The Balaban J connectivity index is 2.47. The average Bonchev–Trinajstić information content (AvgIpc) is 2.53. The van der Waals surface area contributed by atoms with Crippen molar-refractivity contribution in [3.8, 4) is 11.5 Å². The second kappa shape index (κ2) is 8.11. The number of halogens is 2. The molecule has 1 heterocycles. The highest BCUT2D eigenvalue weighted by atomic mass is 32.1. The molecule has 25 heavy (non-hydrogen) atoms. The average molecular weight is 372 g/mol. The second-order valence-corrected chi connectivity index (χ2v) is 5.49. The fourth-order valence-electron chi connectivity index (χ4n) is 2.48. The molecule has 0 saturated carbocycles. The molecule has 136 valence electrons. The quantitative estimate of drug-likeness (QED) is 0.588. The number of nitrogens with one attached hydrogen (secondary N) is 2. The number of ether oxygens (including phenoxy) is 3. The SMILES string of the molecule is CCOC(=O)C1=C(C)NC(=S)NC1c1ccc(OC)c(OC(F)F)c1. The lowest BCUT2D eigenvalue weighted by Gasteiger charge is -2.30. The van der Waals surface area contributed by atoms with Gasteiger partial charge in [-0.25, -0.2) is 4.79 Å². The Morgan fingerprint density at radius 1 is 1.36 bits per heavy atom. The molecule has 0 spiro atoms. The van der Waals surface area contributed by atoms with Crippen molar-refractivity contribution in [2.24, 2.45) is 0 Å². The molecule has 2 rings (SSSR count). The van der Waals surface area contributed by atoms with Crippen molar-refractivity contribution < 1.29 is 27.8 Å². The maximum Gasteiger partial charge on any atom is 0.387 e. The number of rotatable bonds is 6. The lowest BCUT2D eigenvalue weighted by Crippen LogP contribution is -2.45. The van der Waals surface area contributed by atoms with Gasteiger partial charge in [-0.15, -0.1) is 0 Å². The molecule has 1 atom stereocenters. The van der Waals surface area contributed by atoms with Gasteiger partial charge in [-0.05, 0) is 43.8 Å². The number of hydrogen-bond donors (Lipinski definition) is 2. The molecule has 0 fully saturated rings. The number of alkyl halides is 2. The van der Waals surface area contributed by atoms with Crippen molar-refractivity contribution in [1.29, 1.82) is 0 Å². The van der Waals surface area contributed by atoms with E-state index in [4.69, 9.17) is 21.7 Å². The van der Waals surface area contributed by atoms with Gasteiger partial charge < -0.3 is 24.8 Å². The van der Waals surface area contributed by atoms with E-state index >= 15 is 0 Å². The smallest absolute Gasteiger partial charge is 0.387 e. The summed E-state index contributed by atoms with van der Waals surface area (Å²) in [6.45, 7) is 0.578. The van der Waals surface area contributed by atoms with Crippen molar-refractivity contribution in [3.05, 3.63) is 35.0 Å². The van der Waals surface area contributed by atoms with Crippen LogP contribution in [0.3, 0.4) is 0 Å². The molecule has 9 heteroatoms. The third-order valence-corrected chi connectivity index (χ3v) is 3.72. The van der Waals surface area contributed by atoms with Gasteiger partial charge in [0, 0.05) is 5.70 Å². The predicted octanol–water partition coefficient (Wildman–Crippen LogP) is 2.65. The summed E-state index contributed by atoms with van der Waals surface area (Å²) in [5.74, 6) is -0.513. The molecule has 6 nitrogen and oxygen atoms in total. The standard InChI is InChI=1S/C16H18F2N2O4S/c1-4-23-14(21)12-8(2)19-16(25)20-13(12)9-5-6-10(22-3)11(7-9)24-15(17)18/h5-7,13,15H,4H2,1-3H3,(H2,19,20,25). The van der Waals surface area contributed by atoms with E-state index in [2.05, 4.69) is 15.4 Å². The topological polar surface area (TPSA) is 68.8 Å². The Bertz CT molecular complexity index is 709. The van der Waals surface area contributed by atoms with E-state index in [1.54, 1.807) is 19.9 Å². The van der Waals surface area contributed by atoms with Gasteiger partial charge in [-0.3, -0.25) is 0 Å². The van der Waals surface area contributed by atoms with E-state index in [0.717, 1.165) is 0 Å². The van der Waals surface area contributed by atoms with Crippen molar-refractivity contribution in [1.82, 2.24) is 10.6 Å². The van der Waals surface area contributed by atoms with E-state index in [0.29, 0.717) is 21.9 Å². The zero-order valence-electron chi connectivity index (χ0n) is 13.9. The van der Waals surface area contributed by atoms with Crippen molar-refractivity contribution in [3.63, 3.8) is 0 Å². The molecule has 0 aromatic heterocycles. The van der Waals surface area contributed by atoms with Crippen LogP contribution in [0.5, 0.6) is 11.5 Å². The first kappa shape index (κ1) is 18.9. The summed E-state index contributed by atoms with van der Waals surface area (Å²) in [5.41, 5.74) is 1.34. The Morgan fingerprint density at radius 3 is 2.68 bits per heavy atom. The number of methoxy groups -OCH3 is 1. The summed E-state index contributed by atoms with van der Waals surface area (Å²) in [6, 6.07) is 3.83. The minimum Gasteiger partial charge on any atom is -0.493 e. The fourth-order valence-corrected chi connectivity index (χ4v) is 2.76. The van der Waals surface area contributed by atoms with E-state index in [1.807, 2.05) is 0 Å². The normalized spacial score (nSPS) is 17.0. The summed E-state index contributed by atoms with van der Waals surface area (Å²) < 4.78 is 39.9. The second-order valence-electron chi connectivity index (χ2n) is 5.08. The molecule has 1 aromatic rings. The highest BCUT2D eigenvalue weighted by Gasteiger charge is 2.31. The van der Waals surface area contributed by atoms with Crippen LogP contribution in [0.4, 0.5) is 8.78 Å². The van der Waals surface area contributed by atoms with Crippen LogP contribution in [-0.2, 0) is 9.53 Å². The third kappa shape index (κ3) is 4.36. The minimum atomic E-state index is -3.01. The van der Waals surface area contributed by atoms with Gasteiger partial charge in [0.1, 0.15) is 0 Å². The molecule has 0 radical (unpaired) electrons. The Kier molecular flexibility index (Phi) is 6.13. The van der Waals surface area contributed by atoms with Gasteiger partial charge in [0.2, 0.25) is 0 Å². The summed E-state index contributed by atoms with van der Waals surface area (Å²) in [6.07, 6.45) is 0. The van der Waals surface area contributed by atoms with E-state index in [1.165, 1.54) is 19.2 Å². The number of allylic oxidation sites excluding steroid dienone is 1. The number of carbonyl (C=O) groups excluding carboxylic acids is 1.